The molecule has 1 rings (SSSR count). The second-order valence-electron chi connectivity index (χ2n) is 5.26. The number of benzene rings is 1. The molecule has 0 bridgehead atoms. The quantitative estimate of drug-likeness (QED) is 0.839. The van der Waals surface area contributed by atoms with Crippen molar-refractivity contribution >= 4 is 0 Å². The standard InChI is InChI=1S/C15H21FN2/c1-4-12(9-17)10-18-11-15(2,3)13-6-5-7-14(16)8-13/h5-8,12,18H,4,10-11H2,1-3H3. The van der Waals surface area contributed by atoms with Crippen molar-refractivity contribution in [3.05, 3.63) is 35.6 Å². The van der Waals surface area contributed by atoms with Gasteiger partial charge in [-0.3, -0.25) is 0 Å². The zero-order valence-corrected chi connectivity index (χ0v) is 11.3. The molecule has 1 aromatic carbocycles. The average molecular weight is 248 g/mol. The smallest absolute Gasteiger partial charge is 0.123 e. The van der Waals surface area contributed by atoms with Crippen LogP contribution in [0.1, 0.15) is 32.8 Å². The Bertz CT molecular complexity index is 421. The number of nitrogens with one attached hydrogen (secondary N) is 1. The van der Waals surface area contributed by atoms with Crippen molar-refractivity contribution in [2.75, 3.05) is 13.1 Å². The molecule has 0 aliphatic heterocycles. The van der Waals surface area contributed by atoms with Gasteiger partial charge in [0, 0.05) is 18.5 Å². The van der Waals surface area contributed by atoms with Crippen molar-refractivity contribution in [3.8, 4) is 6.07 Å². The first-order valence-corrected chi connectivity index (χ1v) is 6.36. The SMILES string of the molecule is CCC(C#N)CNCC(C)(C)c1cccc(F)c1. The summed E-state index contributed by atoms with van der Waals surface area (Å²) in [5.41, 5.74) is 0.829. The maximum atomic E-state index is 13.2. The van der Waals surface area contributed by atoms with E-state index in [2.05, 4.69) is 25.2 Å². The van der Waals surface area contributed by atoms with Gasteiger partial charge in [0.05, 0.1) is 12.0 Å². The Morgan fingerprint density at radius 3 is 2.72 bits per heavy atom. The van der Waals surface area contributed by atoms with Crippen LogP contribution in [0.3, 0.4) is 0 Å². The highest BCUT2D eigenvalue weighted by molar-refractivity contribution is 5.24. The van der Waals surface area contributed by atoms with Crippen LogP contribution >= 0.6 is 0 Å². The van der Waals surface area contributed by atoms with Gasteiger partial charge < -0.3 is 5.32 Å². The first kappa shape index (κ1) is 14.7. The molecular weight excluding hydrogens is 227 g/mol. The highest BCUT2D eigenvalue weighted by atomic mass is 19.1. The molecule has 2 nitrogen and oxygen atoms in total. The van der Waals surface area contributed by atoms with Crippen molar-refractivity contribution in [2.45, 2.75) is 32.6 Å². The first-order chi connectivity index (χ1) is 8.49. The van der Waals surface area contributed by atoms with E-state index >= 15 is 0 Å². The molecule has 0 aliphatic carbocycles. The lowest BCUT2D eigenvalue weighted by Gasteiger charge is -2.26. The number of hydrogen-bond acceptors (Lipinski definition) is 2. The van der Waals surface area contributed by atoms with E-state index in [1.165, 1.54) is 6.07 Å². The third kappa shape index (κ3) is 4.12. The van der Waals surface area contributed by atoms with Crippen molar-refractivity contribution in [1.29, 1.82) is 5.26 Å². The molecule has 0 aliphatic rings. The van der Waals surface area contributed by atoms with Crippen molar-refractivity contribution in [3.63, 3.8) is 0 Å². The molecule has 3 heteroatoms. The molecule has 0 saturated carbocycles. The second kappa shape index (κ2) is 6.51. The molecule has 0 amide bonds. The minimum atomic E-state index is -0.205. The normalized spacial score (nSPS) is 13.1. The molecule has 1 atom stereocenters. The predicted molar refractivity (Wildman–Crippen MR) is 71.7 cm³/mol. The highest BCUT2D eigenvalue weighted by Gasteiger charge is 2.20. The van der Waals surface area contributed by atoms with Crippen LogP contribution in [-0.4, -0.2) is 13.1 Å². The molecule has 0 spiro atoms. The lowest BCUT2D eigenvalue weighted by Crippen LogP contribution is -2.35. The van der Waals surface area contributed by atoms with Crippen LogP contribution in [0.15, 0.2) is 24.3 Å². The molecule has 0 saturated heterocycles. The minimum Gasteiger partial charge on any atom is -0.315 e. The third-order valence-electron chi connectivity index (χ3n) is 3.24. The summed E-state index contributed by atoms with van der Waals surface area (Å²) in [5.74, 6) is -0.155. The zero-order valence-electron chi connectivity index (χ0n) is 11.3. The van der Waals surface area contributed by atoms with Crippen molar-refractivity contribution < 1.29 is 4.39 Å². The van der Waals surface area contributed by atoms with Crippen LogP contribution in [0.5, 0.6) is 0 Å². The van der Waals surface area contributed by atoms with Gasteiger partial charge in [-0.2, -0.15) is 5.26 Å². The van der Waals surface area contributed by atoms with E-state index in [9.17, 15) is 4.39 Å². The summed E-state index contributed by atoms with van der Waals surface area (Å²) in [6.07, 6.45) is 0.851. The van der Waals surface area contributed by atoms with Crippen molar-refractivity contribution in [1.82, 2.24) is 5.32 Å². The Hall–Kier alpha value is -1.40. The maximum Gasteiger partial charge on any atom is 0.123 e. The topological polar surface area (TPSA) is 35.8 Å². The van der Waals surface area contributed by atoms with E-state index in [0.717, 1.165) is 18.5 Å². The Kier molecular flexibility index (Phi) is 5.30. The predicted octanol–water partition coefficient (Wildman–Crippen LogP) is 3.24. The average Bonchev–Trinajstić information content (AvgIpc) is 2.34. The van der Waals surface area contributed by atoms with Gasteiger partial charge in [0.15, 0.2) is 0 Å². The van der Waals surface area contributed by atoms with E-state index in [-0.39, 0.29) is 17.2 Å². The van der Waals surface area contributed by atoms with Gasteiger partial charge in [0.1, 0.15) is 5.82 Å². The van der Waals surface area contributed by atoms with E-state index in [1.807, 2.05) is 13.0 Å². The molecule has 0 heterocycles. The maximum absolute atomic E-state index is 13.2. The number of rotatable bonds is 6. The highest BCUT2D eigenvalue weighted by Crippen LogP contribution is 2.22. The summed E-state index contributed by atoms with van der Waals surface area (Å²) >= 11 is 0. The molecule has 0 aromatic heterocycles. The van der Waals surface area contributed by atoms with Gasteiger partial charge in [0.2, 0.25) is 0 Å². The van der Waals surface area contributed by atoms with E-state index in [0.29, 0.717) is 6.54 Å². The summed E-state index contributed by atoms with van der Waals surface area (Å²) in [5, 5.41) is 12.2. The van der Waals surface area contributed by atoms with Gasteiger partial charge in [-0.1, -0.05) is 32.9 Å². The van der Waals surface area contributed by atoms with E-state index in [1.54, 1.807) is 12.1 Å². The molecule has 1 unspecified atom stereocenters. The third-order valence-corrected chi connectivity index (χ3v) is 3.24. The Balaban J connectivity index is 2.57. The molecule has 0 radical (unpaired) electrons. The van der Waals surface area contributed by atoms with Crippen LogP contribution in [0.2, 0.25) is 0 Å². The largest absolute Gasteiger partial charge is 0.315 e. The van der Waals surface area contributed by atoms with E-state index in [4.69, 9.17) is 5.26 Å². The summed E-state index contributed by atoms with van der Waals surface area (Å²) in [7, 11) is 0. The molecular formula is C15H21FN2. The number of hydrogen-bond donors (Lipinski definition) is 1. The number of nitriles is 1. The fourth-order valence-corrected chi connectivity index (χ4v) is 1.85. The summed E-state index contributed by atoms with van der Waals surface area (Å²) in [4.78, 5) is 0. The lowest BCUT2D eigenvalue weighted by atomic mass is 9.84. The fraction of sp³-hybridized carbons (Fsp3) is 0.533. The van der Waals surface area contributed by atoms with Crippen LogP contribution in [0.25, 0.3) is 0 Å². The Labute approximate surface area is 109 Å². The van der Waals surface area contributed by atoms with E-state index < -0.39 is 0 Å². The monoisotopic (exact) mass is 248 g/mol. The second-order valence-corrected chi connectivity index (χ2v) is 5.26. The number of nitrogens with zero attached hydrogens (tertiary/aromatic N) is 1. The molecule has 98 valence electrons. The molecule has 18 heavy (non-hydrogen) atoms. The van der Waals surface area contributed by atoms with Crippen LogP contribution < -0.4 is 5.32 Å². The van der Waals surface area contributed by atoms with Crippen LogP contribution in [0, 0.1) is 23.1 Å². The zero-order chi connectivity index (χ0) is 13.6. The molecule has 0 fully saturated rings. The van der Waals surface area contributed by atoms with Gasteiger partial charge >= 0.3 is 0 Å². The van der Waals surface area contributed by atoms with Crippen molar-refractivity contribution in [2.24, 2.45) is 5.92 Å². The van der Waals surface area contributed by atoms with Gasteiger partial charge in [0.25, 0.3) is 0 Å². The summed E-state index contributed by atoms with van der Waals surface area (Å²) in [6, 6.07) is 8.96. The summed E-state index contributed by atoms with van der Waals surface area (Å²) < 4.78 is 13.2. The Morgan fingerprint density at radius 2 is 2.17 bits per heavy atom. The van der Waals surface area contributed by atoms with Crippen LogP contribution in [0.4, 0.5) is 4.39 Å². The Morgan fingerprint density at radius 1 is 1.44 bits per heavy atom. The molecule has 1 N–H and O–H groups in total. The fourth-order valence-electron chi connectivity index (χ4n) is 1.85. The molecule has 1 aromatic rings. The number of halogens is 1. The minimum absolute atomic E-state index is 0.0494. The first-order valence-electron chi connectivity index (χ1n) is 6.36. The summed E-state index contributed by atoms with van der Waals surface area (Å²) in [6.45, 7) is 7.57. The van der Waals surface area contributed by atoms with Gasteiger partial charge in [-0.15, -0.1) is 0 Å². The van der Waals surface area contributed by atoms with Gasteiger partial charge in [-0.25, -0.2) is 4.39 Å². The lowest BCUT2D eigenvalue weighted by molar-refractivity contribution is 0.443. The van der Waals surface area contributed by atoms with Crippen LogP contribution in [-0.2, 0) is 5.41 Å². The van der Waals surface area contributed by atoms with Gasteiger partial charge in [-0.05, 0) is 24.1 Å².